The van der Waals surface area contributed by atoms with E-state index in [4.69, 9.17) is 4.74 Å². The average molecular weight is 227 g/mol. The molecule has 0 fully saturated rings. The fourth-order valence-electron chi connectivity index (χ4n) is 1.38. The van der Waals surface area contributed by atoms with Gasteiger partial charge in [-0.25, -0.2) is 4.68 Å². The van der Waals surface area contributed by atoms with E-state index in [1.807, 2.05) is 4.68 Å². The Morgan fingerprint density at radius 3 is 2.75 bits per heavy atom. The molecule has 0 radical (unpaired) electrons. The summed E-state index contributed by atoms with van der Waals surface area (Å²) in [6, 6.07) is 0.693. The quantitative estimate of drug-likeness (QED) is 0.745. The summed E-state index contributed by atoms with van der Waals surface area (Å²) < 4.78 is 6.91. The van der Waals surface area contributed by atoms with Gasteiger partial charge in [0.25, 0.3) is 0 Å². The number of aromatic nitrogens is 4. The lowest BCUT2D eigenvalue weighted by Gasteiger charge is -2.13. The molecule has 1 unspecified atom stereocenters. The lowest BCUT2D eigenvalue weighted by molar-refractivity contribution is 0.177. The van der Waals surface area contributed by atoms with Crippen molar-refractivity contribution in [3.63, 3.8) is 0 Å². The van der Waals surface area contributed by atoms with Crippen molar-refractivity contribution < 1.29 is 4.74 Å². The number of nitrogens with zero attached hydrogens (tertiary/aromatic N) is 4. The SMILES string of the molecule is COCCC(C)n1nnnc1CNC(C)C. The highest BCUT2D eigenvalue weighted by atomic mass is 16.5. The highest BCUT2D eigenvalue weighted by Gasteiger charge is 2.12. The molecule has 0 saturated carbocycles. The first kappa shape index (κ1) is 13.1. The summed E-state index contributed by atoms with van der Waals surface area (Å²) in [6.07, 6.45) is 0.913. The maximum absolute atomic E-state index is 5.05. The van der Waals surface area contributed by atoms with Crippen LogP contribution in [0.2, 0.25) is 0 Å². The van der Waals surface area contributed by atoms with Crippen molar-refractivity contribution in [1.82, 2.24) is 25.5 Å². The van der Waals surface area contributed by atoms with Crippen molar-refractivity contribution in [2.45, 2.75) is 45.8 Å². The van der Waals surface area contributed by atoms with E-state index >= 15 is 0 Å². The maximum atomic E-state index is 5.05. The van der Waals surface area contributed by atoms with Gasteiger partial charge in [0.05, 0.1) is 12.6 Å². The Morgan fingerprint density at radius 2 is 2.12 bits per heavy atom. The highest BCUT2D eigenvalue weighted by Crippen LogP contribution is 2.10. The number of methoxy groups -OCH3 is 1. The number of hydrogen-bond donors (Lipinski definition) is 1. The minimum absolute atomic E-state index is 0.263. The van der Waals surface area contributed by atoms with Crippen molar-refractivity contribution in [3.8, 4) is 0 Å². The van der Waals surface area contributed by atoms with Crippen LogP contribution in [0.5, 0.6) is 0 Å². The van der Waals surface area contributed by atoms with E-state index in [0.29, 0.717) is 12.6 Å². The van der Waals surface area contributed by atoms with Gasteiger partial charge in [0.2, 0.25) is 0 Å². The molecule has 1 aromatic rings. The van der Waals surface area contributed by atoms with Crippen LogP contribution in [-0.2, 0) is 11.3 Å². The first-order valence-corrected chi connectivity index (χ1v) is 5.64. The molecule has 1 rings (SSSR count). The molecular weight excluding hydrogens is 206 g/mol. The van der Waals surface area contributed by atoms with Crippen molar-refractivity contribution in [1.29, 1.82) is 0 Å². The zero-order chi connectivity index (χ0) is 12.0. The standard InChI is InChI=1S/C10H21N5O/c1-8(2)11-7-10-12-13-14-15(10)9(3)5-6-16-4/h8-9,11H,5-7H2,1-4H3. The van der Waals surface area contributed by atoms with Crippen LogP contribution in [0.1, 0.15) is 39.1 Å². The molecule has 92 valence electrons. The van der Waals surface area contributed by atoms with Gasteiger partial charge in [-0.15, -0.1) is 5.10 Å². The molecule has 0 amide bonds. The van der Waals surface area contributed by atoms with E-state index in [9.17, 15) is 0 Å². The van der Waals surface area contributed by atoms with Crippen LogP contribution in [0.15, 0.2) is 0 Å². The average Bonchev–Trinajstić information content (AvgIpc) is 2.71. The molecule has 0 aliphatic carbocycles. The molecule has 16 heavy (non-hydrogen) atoms. The molecule has 0 aliphatic heterocycles. The van der Waals surface area contributed by atoms with Gasteiger partial charge in [-0.2, -0.15) is 0 Å². The van der Waals surface area contributed by atoms with E-state index in [0.717, 1.165) is 18.9 Å². The molecule has 6 nitrogen and oxygen atoms in total. The van der Waals surface area contributed by atoms with Crippen LogP contribution < -0.4 is 5.32 Å². The van der Waals surface area contributed by atoms with Gasteiger partial charge in [0.15, 0.2) is 5.82 Å². The van der Waals surface area contributed by atoms with Crippen LogP contribution in [-0.4, -0.2) is 40.0 Å². The Hall–Kier alpha value is -1.01. The zero-order valence-corrected chi connectivity index (χ0v) is 10.5. The predicted molar refractivity (Wildman–Crippen MR) is 61.0 cm³/mol. The summed E-state index contributed by atoms with van der Waals surface area (Å²) in [6.45, 7) is 7.71. The molecule has 1 heterocycles. The molecule has 6 heteroatoms. The first-order valence-electron chi connectivity index (χ1n) is 5.64. The van der Waals surface area contributed by atoms with Gasteiger partial charge >= 0.3 is 0 Å². The number of hydrogen-bond acceptors (Lipinski definition) is 5. The molecule has 0 saturated heterocycles. The minimum atomic E-state index is 0.263. The summed E-state index contributed by atoms with van der Waals surface area (Å²) in [5.41, 5.74) is 0. The van der Waals surface area contributed by atoms with Crippen molar-refractivity contribution in [2.75, 3.05) is 13.7 Å². The van der Waals surface area contributed by atoms with Crippen LogP contribution >= 0.6 is 0 Å². The number of rotatable bonds is 7. The van der Waals surface area contributed by atoms with E-state index < -0.39 is 0 Å². The van der Waals surface area contributed by atoms with Gasteiger partial charge < -0.3 is 10.1 Å². The van der Waals surface area contributed by atoms with Gasteiger partial charge in [-0.3, -0.25) is 0 Å². The predicted octanol–water partition coefficient (Wildman–Crippen LogP) is 0.769. The molecule has 0 aromatic carbocycles. The lowest BCUT2D eigenvalue weighted by atomic mass is 10.2. The zero-order valence-electron chi connectivity index (χ0n) is 10.5. The normalized spacial score (nSPS) is 13.3. The van der Waals surface area contributed by atoms with E-state index in [1.165, 1.54) is 0 Å². The third kappa shape index (κ3) is 3.86. The minimum Gasteiger partial charge on any atom is -0.385 e. The lowest BCUT2D eigenvalue weighted by Crippen LogP contribution is -2.25. The Labute approximate surface area is 96.4 Å². The summed E-state index contributed by atoms with van der Waals surface area (Å²) in [4.78, 5) is 0. The van der Waals surface area contributed by atoms with Gasteiger partial charge in [-0.1, -0.05) is 13.8 Å². The number of tetrazole rings is 1. The van der Waals surface area contributed by atoms with Gasteiger partial charge in [0, 0.05) is 19.8 Å². The molecule has 0 aliphatic rings. The van der Waals surface area contributed by atoms with E-state index in [-0.39, 0.29) is 6.04 Å². The van der Waals surface area contributed by atoms with Gasteiger partial charge in [-0.05, 0) is 23.8 Å². The third-order valence-corrected chi connectivity index (χ3v) is 2.39. The molecule has 0 spiro atoms. The first-order chi connectivity index (χ1) is 7.65. The largest absolute Gasteiger partial charge is 0.385 e. The van der Waals surface area contributed by atoms with Crippen molar-refractivity contribution in [2.24, 2.45) is 0 Å². The number of ether oxygens (including phenoxy) is 1. The third-order valence-electron chi connectivity index (χ3n) is 2.39. The van der Waals surface area contributed by atoms with Crippen LogP contribution in [0.3, 0.4) is 0 Å². The van der Waals surface area contributed by atoms with Crippen molar-refractivity contribution in [3.05, 3.63) is 5.82 Å². The smallest absolute Gasteiger partial charge is 0.165 e. The molecule has 1 N–H and O–H groups in total. The highest BCUT2D eigenvalue weighted by molar-refractivity contribution is 4.83. The monoisotopic (exact) mass is 227 g/mol. The van der Waals surface area contributed by atoms with Crippen LogP contribution in [0.4, 0.5) is 0 Å². The Kier molecular flexibility index (Phi) is 5.34. The van der Waals surface area contributed by atoms with E-state index in [2.05, 4.69) is 41.6 Å². The molecule has 0 bridgehead atoms. The van der Waals surface area contributed by atoms with Crippen molar-refractivity contribution >= 4 is 0 Å². The summed E-state index contributed by atoms with van der Waals surface area (Å²) in [5.74, 6) is 0.873. The van der Waals surface area contributed by atoms with E-state index in [1.54, 1.807) is 7.11 Å². The molecule has 1 atom stereocenters. The second-order valence-electron chi connectivity index (χ2n) is 4.21. The fraction of sp³-hybridized carbons (Fsp3) is 0.900. The van der Waals surface area contributed by atoms with Gasteiger partial charge in [0.1, 0.15) is 0 Å². The molecule has 1 aromatic heterocycles. The second kappa shape index (κ2) is 6.55. The number of nitrogens with one attached hydrogen (secondary N) is 1. The Morgan fingerprint density at radius 1 is 1.38 bits per heavy atom. The second-order valence-corrected chi connectivity index (χ2v) is 4.21. The summed E-state index contributed by atoms with van der Waals surface area (Å²) >= 11 is 0. The van der Waals surface area contributed by atoms with Crippen LogP contribution in [0.25, 0.3) is 0 Å². The Balaban J connectivity index is 2.55. The maximum Gasteiger partial charge on any atom is 0.165 e. The topological polar surface area (TPSA) is 64.9 Å². The fourth-order valence-corrected chi connectivity index (χ4v) is 1.38. The Bertz CT molecular complexity index is 299. The molecular formula is C10H21N5O. The van der Waals surface area contributed by atoms with Crippen LogP contribution in [0, 0.1) is 0 Å². The summed E-state index contributed by atoms with van der Waals surface area (Å²) in [7, 11) is 1.70. The summed E-state index contributed by atoms with van der Waals surface area (Å²) in [5, 5.41) is 15.0.